The van der Waals surface area contributed by atoms with E-state index in [9.17, 15) is 0 Å². The molecule has 0 saturated carbocycles. The van der Waals surface area contributed by atoms with Crippen LogP contribution in [-0.2, 0) is 0 Å². The lowest BCUT2D eigenvalue weighted by molar-refractivity contribution is 0.432. The van der Waals surface area contributed by atoms with Gasteiger partial charge >= 0.3 is 0 Å². The van der Waals surface area contributed by atoms with Crippen LogP contribution in [0.1, 0.15) is 33.2 Å². The van der Waals surface area contributed by atoms with Crippen LogP contribution in [0.4, 0.5) is 0 Å². The molecule has 1 aromatic heterocycles. The van der Waals surface area contributed by atoms with E-state index in [-0.39, 0.29) is 0 Å². The summed E-state index contributed by atoms with van der Waals surface area (Å²) in [5, 5.41) is 0.747. The van der Waals surface area contributed by atoms with E-state index in [0.29, 0.717) is 12.0 Å². The minimum atomic E-state index is 0.384. The number of rotatable bonds is 3. The Hall–Kier alpha value is -0.800. The maximum atomic E-state index is 6.05. The number of nitrogens with zero attached hydrogens (tertiary/aromatic N) is 1. The van der Waals surface area contributed by atoms with Crippen molar-refractivity contribution < 1.29 is 0 Å². The molecule has 0 bridgehead atoms. The summed E-state index contributed by atoms with van der Waals surface area (Å²) in [6, 6.07) is 6.22. The number of fused-ring (bicyclic) bond motifs is 1. The van der Waals surface area contributed by atoms with Crippen molar-refractivity contribution in [2.24, 2.45) is 5.92 Å². The average molecular weight is 269 g/mol. The van der Waals surface area contributed by atoms with E-state index in [1.807, 2.05) is 18.2 Å². The van der Waals surface area contributed by atoms with Crippen LogP contribution in [0.25, 0.3) is 11.0 Å². The molecule has 92 valence electrons. The van der Waals surface area contributed by atoms with Crippen molar-refractivity contribution in [1.82, 2.24) is 9.55 Å². The lowest BCUT2D eigenvalue weighted by Gasteiger charge is -2.16. The van der Waals surface area contributed by atoms with Gasteiger partial charge in [0.2, 0.25) is 0 Å². The van der Waals surface area contributed by atoms with Crippen LogP contribution in [0.3, 0.4) is 0 Å². The highest BCUT2D eigenvalue weighted by Crippen LogP contribution is 2.25. The normalized spacial score (nSPS) is 13.5. The molecule has 17 heavy (non-hydrogen) atoms. The summed E-state index contributed by atoms with van der Waals surface area (Å²) in [7, 11) is 0. The largest absolute Gasteiger partial charge is 0.331 e. The van der Waals surface area contributed by atoms with Crippen LogP contribution in [0.15, 0.2) is 18.2 Å². The summed E-state index contributed by atoms with van der Waals surface area (Å²) in [6.07, 6.45) is 1.10. The maximum Gasteiger partial charge on any atom is 0.178 e. The second-order valence-electron chi connectivity index (χ2n) is 4.94. The Kier molecular flexibility index (Phi) is 3.59. The van der Waals surface area contributed by atoms with E-state index >= 15 is 0 Å². The van der Waals surface area contributed by atoms with Gasteiger partial charge in [0.05, 0.1) is 11.0 Å². The van der Waals surface area contributed by atoms with E-state index < -0.39 is 0 Å². The number of benzene rings is 1. The molecular formula is C13H17ClN2S. The first-order chi connectivity index (χ1) is 7.99. The molecule has 0 amide bonds. The van der Waals surface area contributed by atoms with Gasteiger partial charge in [0.15, 0.2) is 4.77 Å². The van der Waals surface area contributed by atoms with Crippen molar-refractivity contribution in [3.8, 4) is 0 Å². The molecule has 1 N–H and O–H groups in total. The maximum absolute atomic E-state index is 6.05. The molecule has 4 heteroatoms. The molecule has 2 nitrogen and oxygen atoms in total. The minimum Gasteiger partial charge on any atom is -0.331 e. The third-order valence-corrected chi connectivity index (χ3v) is 3.47. The van der Waals surface area contributed by atoms with Gasteiger partial charge in [0, 0.05) is 11.1 Å². The van der Waals surface area contributed by atoms with Crippen LogP contribution in [0.5, 0.6) is 0 Å². The first kappa shape index (κ1) is 12.7. The zero-order valence-corrected chi connectivity index (χ0v) is 11.9. The number of hydrogen-bond acceptors (Lipinski definition) is 1. The van der Waals surface area contributed by atoms with Crippen molar-refractivity contribution >= 4 is 34.9 Å². The molecule has 2 aromatic rings. The first-order valence-corrected chi connectivity index (χ1v) is 6.67. The molecule has 0 aliphatic rings. The van der Waals surface area contributed by atoms with Crippen molar-refractivity contribution in [2.45, 2.75) is 33.2 Å². The second-order valence-corrected chi connectivity index (χ2v) is 5.76. The molecule has 1 heterocycles. The molecule has 1 atom stereocenters. The zero-order valence-electron chi connectivity index (χ0n) is 10.3. The second kappa shape index (κ2) is 4.83. The molecule has 0 radical (unpaired) electrons. The highest BCUT2D eigenvalue weighted by molar-refractivity contribution is 7.71. The van der Waals surface area contributed by atoms with Crippen LogP contribution < -0.4 is 0 Å². The number of imidazole rings is 1. The summed E-state index contributed by atoms with van der Waals surface area (Å²) in [4.78, 5) is 3.23. The van der Waals surface area contributed by atoms with Crippen molar-refractivity contribution in [3.05, 3.63) is 28.0 Å². The van der Waals surface area contributed by atoms with E-state index in [2.05, 4.69) is 30.3 Å². The average Bonchev–Trinajstić information content (AvgIpc) is 2.52. The Balaban J connectivity index is 2.55. The predicted molar refractivity (Wildman–Crippen MR) is 76.3 cm³/mol. The fourth-order valence-electron chi connectivity index (χ4n) is 2.32. The Morgan fingerprint density at radius 1 is 1.35 bits per heavy atom. The Morgan fingerprint density at radius 2 is 2.06 bits per heavy atom. The summed E-state index contributed by atoms with van der Waals surface area (Å²) >= 11 is 11.4. The molecule has 2 rings (SSSR count). The lowest BCUT2D eigenvalue weighted by Crippen LogP contribution is -2.08. The smallest absolute Gasteiger partial charge is 0.178 e. The highest BCUT2D eigenvalue weighted by atomic mass is 35.5. The van der Waals surface area contributed by atoms with Crippen LogP contribution in [-0.4, -0.2) is 9.55 Å². The fraction of sp³-hybridized carbons (Fsp3) is 0.462. The van der Waals surface area contributed by atoms with Crippen molar-refractivity contribution in [2.75, 3.05) is 0 Å². The molecule has 0 spiro atoms. The Bertz CT molecular complexity index is 583. The van der Waals surface area contributed by atoms with Gasteiger partial charge in [0.25, 0.3) is 0 Å². The highest BCUT2D eigenvalue weighted by Gasteiger charge is 2.12. The van der Waals surface area contributed by atoms with E-state index in [0.717, 1.165) is 27.2 Å². The van der Waals surface area contributed by atoms with Gasteiger partial charge in [0.1, 0.15) is 0 Å². The Morgan fingerprint density at radius 3 is 2.71 bits per heavy atom. The number of aromatic amines is 1. The molecule has 1 aromatic carbocycles. The van der Waals surface area contributed by atoms with Gasteiger partial charge in [-0.1, -0.05) is 25.4 Å². The van der Waals surface area contributed by atoms with Crippen molar-refractivity contribution in [3.63, 3.8) is 0 Å². The number of halogens is 1. The number of nitrogens with one attached hydrogen (secondary N) is 1. The molecule has 0 saturated heterocycles. The predicted octanol–water partition coefficient (Wildman–Crippen LogP) is 4.96. The summed E-state index contributed by atoms with van der Waals surface area (Å²) in [5.41, 5.74) is 2.14. The molecule has 0 fully saturated rings. The summed E-state index contributed by atoms with van der Waals surface area (Å²) in [6.45, 7) is 6.65. The lowest BCUT2D eigenvalue weighted by atomic mass is 10.1. The number of aromatic nitrogens is 2. The van der Waals surface area contributed by atoms with Crippen LogP contribution >= 0.6 is 23.8 Å². The van der Waals surface area contributed by atoms with Crippen LogP contribution in [0, 0.1) is 10.7 Å². The molecular weight excluding hydrogens is 252 g/mol. The minimum absolute atomic E-state index is 0.384. The molecule has 0 aliphatic carbocycles. The van der Waals surface area contributed by atoms with Crippen LogP contribution in [0.2, 0.25) is 5.02 Å². The topological polar surface area (TPSA) is 20.7 Å². The SMILES string of the molecule is CC(C)CC(C)n1c(=S)[nH]c2ccc(Cl)cc21. The van der Waals surface area contributed by atoms with Gasteiger partial charge in [-0.15, -0.1) is 0 Å². The third-order valence-electron chi connectivity index (χ3n) is 2.93. The monoisotopic (exact) mass is 268 g/mol. The standard InChI is InChI=1S/C13H17ClN2S/c1-8(2)6-9(3)16-12-7-10(14)4-5-11(12)15-13(16)17/h4-5,7-9H,6H2,1-3H3,(H,15,17). The van der Waals surface area contributed by atoms with E-state index in [4.69, 9.17) is 23.8 Å². The first-order valence-electron chi connectivity index (χ1n) is 5.89. The zero-order chi connectivity index (χ0) is 12.6. The number of hydrogen-bond donors (Lipinski definition) is 1. The Labute approximate surface area is 112 Å². The fourth-order valence-corrected chi connectivity index (χ4v) is 2.87. The van der Waals surface area contributed by atoms with E-state index in [1.165, 1.54) is 0 Å². The van der Waals surface area contributed by atoms with Gasteiger partial charge in [-0.2, -0.15) is 0 Å². The van der Waals surface area contributed by atoms with Gasteiger partial charge in [-0.25, -0.2) is 0 Å². The molecule has 0 aliphatic heterocycles. The van der Waals surface area contributed by atoms with Gasteiger partial charge in [-0.05, 0) is 49.7 Å². The van der Waals surface area contributed by atoms with Crippen molar-refractivity contribution in [1.29, 1.82) is 0 Å². The van der Waals surface area contributed by atoms with Gasteiger partial charge < -0.3 is 9.55 Å². The summed E-state index contributed by atoms with van der Waals surface area (Å²) < 4.78 is 2.94. The van der Waals surface area contributed by atoms with Gasteiger partial charge in [-0.3, -0.25) is 0 Å². The third kappa shape index (κ3) is 2.55. The summed E-state index contributed by atoms with van der Waals surface area (Å²) in [5.74, 6) is 0.649. The van der Waals surface area contributed by atoms with E-state index in [1.54, 1.807) is 0 Å². The quantitative estimate of drug-likeness (QED) is 0.781. The molecule has 1 unspecified atom stereocenters. The number of H-pyrrole nitrogens is 1.